The molecule has 1 aliphatic rings. The molecule has 2 heterocycles. The lowest BCUT2D eigenvalue weighted by atomic mass is 10.0. The molecule has 1 unspecified atom stereocenters. The van der Waals surface area contributed by atoms with Crippen LogP contribution in [0.2, 0.25) is 0 Å². The molecule has 1 saturated heterocycles. The second kappa shape index (κ2) is 7.72. The lowest BCUT2D eigenvalue weighted by Crippen LogP contribution is -2.53. The normalized spacial score (nSPS) is 15.8. The maximum Gasteiger partial charge on any atom is 0.317 e. The van der Waals surface area contributed by atoms with Crippen LogP contribution in [0.3, 0.4) is 0 Å². The van der Waals surface area contributed by atoms with Crippen molar-refractivity contribution in [2.24, 2.45) is 7.05 Å². The van der Waals surface area contributed by atoms with Crippen molar-refractivity contribution in [1.82, 2.24) is 25.0 Å². The van der Waals surface area contributed by atoms with Gasteiger partial charge in [0.1, 0.15) is 12.1 Å². The number of aromatic nitrogens is 3. The van der Waals surface area contributed by atoms with Crippen LogP contribution in [0.25, 0.3) is 0 Å². The van der Waals surface area contributed by atoms with Crippen molar-refractivity contribution in [1.29, 1.82) is 0 Å². The number of piperazine rings is 1. The van der Waals surface area contributed by atoms with Crippen molar-refractivity contribution in [3.05, 3.63) is 41.5 Å². The number of anilines is 1. The highest BCUT2D eigenvalue weighted by Gasteiger charge is 2.24. The molecule has 0 radical (unpaired) electrons. The van der Waals surface area contributed by atoms with Crippen LogP contribution in [0.15, 0.2) is 24.5 Å². The number of rotatable bonds is 4. The summed E-state index contributed by atoms with van der Waals surface area (Å²) in [7, 11) is 1.91. The van der Waals surface area contributed by atoms with Gasteiger partial charge in [0.25, 0.3) is 0 Å². The molecule has 1 aromatic carbocycles. The number of hydrogen-bond acceptors (Lipinski definition) is 4. The summed E-state index contributed by atoms with van der Waals surface area (Å²) >= 11 is 0. The minimum Gasteiger partial charge on any atom is -0.337 e. The zero-order valence-corrected chi connectivity index (χ0v) is 15.4. The first kappa shape index (κ1) is 18.2. The Labute approximate surface area is 152 Å². The Morgan fingerprint density at radius 3 is 2.65 bits per heavy atom. The van der Waals surface area contributed by atoms with Crippen molar-refractivity contribution >= 4 is 12.0 Å². The van der Waals surface area contributed by atoms with Gasteiger partial charge in [0, 0.05) is 39.3 Å². The summed E-state index contributed by atoms with van der Waals surface area (Å²) in [6, 6.07) is 4.68. The molecule has 0 bridgehead atoms. The van der Waals surface area contributed by atoms with Crippen molar-refractivity contribution in [2.75, 3.05) is 31.1 Å². The largest absolute Gasteiger partial charge is 0.337 e. The molecule has 1 aromatic heterocycles. The van der Waals surface area contributed by atoms with E-state index in [1.165, 1.54) is 12.1 Å². The Morgan fingerprint density at radius 2 is 2.04 bits per heavy atom. The monoisotopic (exact) mass is 360 g/mol. The highest BCUT2D eigenvalue weighted by Crippen LogP contribution is 2.14. The lowest BCUT2D eigenvalue weighted by Gasteiger charge is -2.35. The lowest BCUT2D eigenvalue weighted by molar-refractivity contribution is 0.190. The Bertz CT molecular complexity index is 769. The van der Waals surface area contributed by atoms with Gasteiger partial charge in [-0.2, -0.15) is 0 Å². The predicted molar refractivity (Wildman–Crippen MR) is 97.6 cm³/mol. The van der Waals surface area contributed by atoms with E-state index in [9.17, 15) is 9.18 Å². The van der Waals surface area contributed by atoms with Crippen LogP contribution in [0.5, 0.6) is 0 Å². The summed E-state index contributed by atoms with van der Waals surface area (Å²) in [5.74, 6) is 0.592. The maximum atomic E-state index is 13.2. The quantitative estimate of drug-likeness (QED) is 0.902. The first-order valence-electron chi connectivity index (χ1n) is 8.83. The Balaban J connectivity index is 1.50. The molecule has 3 rings (SSSR count). The summed E-state index contributed by atoms with van der Waals surface area (Å²) < 4.78 is 15.1. The van der Waals surface area contributed by atoms with E-state index >= 15 is 0 Å². The fourth-order valence-corrected chi connectivity index (χ4v) is 3.24. The fraction of sp³-hybridized carbons (Fsp3) is 0.500. The Hall–Kier alpha value is -2.64. The van der Waals surface area contributed by atoms with Crippen LogP contribution in [0.4, 0.5) is 15.1 Å². The summed E-state index contributed by atoms with van der Waals surface area (Å²) in [5, 5.41) is 11.1. The zero-order valence-electron chi connectivity index (χ0n) is 15.4. The van der Waals surface area contributed by atoms with E-state index in [1.54, 1.807) is 12.4 Å². The SMILES string of the molecule is Cc1cc(F)ccc1CC(C)NC(=O)N1CCN(c2nncn2C)CC1. The third-order valence-corrected chi connectivity index (χ3v) is 4.74. The third kappa shape index (κ3) is 4.12. The number of aryl methyl sites for hydroxylation is 2. The molecule has 1 N–H and O–H groups in total. The summed E-state index contributed by atoms with van der Waals surface area (Å²) in [6.45, 7) is 6.59. The number of carbonyl (C=O) groups is 1. The van der Waals surface area contributed by atoms with Gasteiger partial charge >= 0.3 is 6.03 Å². The van der Waals surface area contributed by atoms with Gasteiger partial charge in [-0.25, -0.2) is 9.18 Å². The topological polar surface area (TPSA) is 66.3 Å². The van der Waals surface area contributed by atoms with Crippen LogP contribution in [-0.4, -0.2) is 57.9 Å². The van der Waals surface area contributed by atoms with Gasteiger partial charge in [-0.05, 0) is 43.5 Å². The molecule has 1 aliphatic heterocycles. The van der Waals surface area contributed by atoms with E-state index < -0.39 is 0 Å². The van der Waals surface area contributed by atoms with E-state index in [2.05, 4.69) is 20.4 Å². The van der Waals surface area contributed by atoms with E-state index in [4.69, 9.17) is 0 Å². The molecule has 0 aliphatic carbocycles. The number of benzene rings is 1. The molecule has 26 heavy (non-hydrogen) atoms. The van der Waals surface area contributed by atoms with Crippen molar-refractivity contribution in [2.45, 2.75) is 26.3 Å². The average Bonchev–Trinajstić information content (AvgIpc) is 3.03. The number of nitrogens with one attached hydrogen (secondary N) is 1. The zero-order chi connectivity index (χ0) is 18.7. The van der Waals surface area contributed by atoms with Gasteiger partial charge in [0.15, 0.2) is 0 Å². The van der Waals surface area contributed by atoms with Gasteiger partial charge in [0.2, 0.25) is 5.95 Å². The van der Waals surface area contributed by atoms with Crippen molar-refractivity contribution < 1.29 is 9.18 Å². The summed E-state index contributed by atoms with van der Waals surface area (Å²) in [5.41, 5.74) is 1.95. The van der Waals surface area contributed by atoms with Crippen LogP contribution in [-0.2, 0) is 13.5 Å². The maximum absolute atomic E-state index is 13.2. The second-order valence-corrected chi connectivity index (χ2v) is 6.84. The number of nitrogens with zero attached hydrogens (tertiary/aromatic N) is 5. The van der Waals surface area contributed by atoms with E-state index in [0.29, 0.717) is 19.5 Å². The highest BCUT2D eigenvalue weighted by atomic mass is 19.1. The molecule has 1 atom stereocenters. The van der Waals surface area contributed by atoms with Crippen LogP contribution in [0.1, 0.15) is 18.1 Å². The third-order valence-electron chi connectivity index (χ3n) is 4.74. The first-order valence-corrected chi connectivity index (χ1v) is 8.83. The first-order chi connectivity index (χ1) is 12.4. The van der Waals surface area contributed by atoms with Gasteiger partial charge < -0.3 is 19.7 Å². The van der Waals surface area contributed by atoms with Crippen LogP contribution < -0.4 is 10.2 Å². The van der Waals surface area contributed by atoms with E-state index in [1.807, 2.05) is 30.4 Å². The molecule has 2 aromatic rings. The van der Waals surface area contributed by atoms with Gasteiger partial charge in [-0.1, -0.05) is 6.07 Å². The average molecular weight is 360 g/mol. The predicted octanol–water partition coefficient (Wildman–Crippen LogP) is 1.73. The number of halogens is 1. The number of carbonyl (C=O) groups excluding carboxylic acids is 1. The summed E-state index contributed by atoms with van der Waals surface area (Å²) in [6.07, 6.45) is 2.35. The van der Waals surface area contributed by atoms with Gasteiger partial charge in [0.05, 0.1) is 0 Å². The Morgan fingerprint density at radius 1 is 1.31 bits per heavy atom. The van der Waals surface area contributed by atoms with E-state index in [0.717, 1.165) is 30.2 Å². The molecular formula is C18H25FN6O. The molecule has 7 nitrogen and oxygen atoms in total. The Kier molecular flexibility index (Phi) is 5.39. The van der Waals surface area contributed by atoms with Gasteiger partial charge in [-0.3, -0.25) is 0 Å². The molecule has 8 heteroatoms. The van der Waals surface area contributed by atoms with Crippen LogP contribution in [0, 0.1) is 12.7 Å². The van der Waals surface area contributed by atoms with Crippen molar-refractivity contribution in [3.8, 4) is 0 Å². The summed E-state index contributed by atoms with van der Waals surface area (Å²) in [4.78, 5) is 16.4. The highest BCUT2D eigenvalue weighted by molar-refractivity contribution is 5.74. The number of urea groups is 1. The molecule has 0 spiro atoms. The standard InChI is InChI=1S/C18H25FN6O/c1-13-10-16(19)5-4-15(13)11-14(2)21-18(26)25-8-6-24(7-9-25)17-22-20-12-23(17)3/h4-5,10,12,14H,6-9,11H2,1-3H3,(H,21,26). The van der Waals surface area contributed by atoms with Crippen LogP contribution >= 0.6 is 0 Å². The fourth-order valence-electron chi connectivity index (χ4n) is 3.24. The molecule has 0 saturated carbocycles. The molecule has 2 amide bonds. The molecule has 1 fully saturated rings. The minimum absolute atomic E-state index is 0.0246. The van der Waals surface area contributed by atoms with E-state index in [-0.39, 0.29) is 17.9 Å². The van der Waals surface area contributed by atoms with Gasteiger partial charge in [-0.15, -0.1) is 10.2 Å². The minimum atomic E-state index is -0.233. The number of hydrogen-bond donors (Lipinski definition) is 1. The van der Waals surface area contributed by atoms with Crippen molar-refractivity contribution in [3.63, 3.8) is 0 Å². The molecular weight excluding hydrogens is 335 g/mol. The second-order valence-electron chi connectivity index (χ2n) is 6.84. The number of amides is 2. The molecule has 140 valence electrons. The smallest absolute Gasteiger partial charge is 0.317 e.